The predicted molar refractivity (Wildman–Crippen MR) is 143 cm³/mol. The number of esters is 1. The first-order chi connectivity index (χ1) is 17.4. The molecule has 2 N–H and O–H groups in total. The highest BCUT2D eigenvalue weighted by molar-refractivity contribution is 5.96. The Morgan fingerprint density at radius 1 is 1.03 bits per heavy atom. The van der Waals surface area contributed by atoms with Crippen molar-refractivity contribution in [1.29, 1.82) is 0 Å². The van der Waals surface area contributed by atoms with Crippen LogP contribution in [0.25, 0.3) is 22.0 Å². The topological polar surface area (TPSA) is 75.7 Å². The van der Waals surface area contributed by atoms with Crippen molar-refractivity contribution >= 4 is 16.9 Å². The zero-order chi connectivity index (χ0) is 25.7. The number of ether oxygens (including phenoxy) is 3. The summed E-state index contributed by atoms with van der Waals surface area (Å²) >= 11 is 0. The molecule has 0 amide bonds. The molecule has 0 fully saturated rings. The highest BCUT2D eigenvalue weighted by Crippen LogP contribution is 2.34. The Bertz CT molecular complexity index is 1360. The van der Waals surface area contributed by atoms with Gasteiger partial charge in [-0.1, -0.05) is 24.3 Å². The van der Waals surface area contributed by atoms with E-state index in [-0.39, 0.29) is 12.4 Å². The Balaban J connectivity index is 1.73. The number of rotatable bonds is 10. The first-order valence-corrected chi connectivity index (χ1v) is 12.3. The van der Waals surface area contributed by atoms with Gasteiger partial charge >= 0.3 is 5.97 Å². The number of nitrogens with zero attached hydrogens (tertiary/aromatic N) is 1. The van der Waals surface area contributed by atoms with E-state index in [1.165, 1.54) is 5.39 Å². The van der Waals surface area contributed by atoms with Crippen LogP contribution in [0.3, 0.4) is 0 Å². The zero-order valence-corrected chi connectivity index (χ0v) is 21.4. The summed E-state index contributed by atoms with van der Waals surface area (Å²) < 4.78 is 19.1. The van der Waals surface area contributed by atoms with E-state index in [1.54, 1.807) is 14.0 Å². The molecule has 36 heavy (non-hydrogen) atoms. The smallest absolute Gasteiger partial charge is 0.310 e. The van der Waals surface area contributed by atoms with E-state index < -0.39 is 0 Å². The van der Waals surface area contributed by atoms with Crippen molar-refractivity contribution in [2.45, 2.75) is 46.4 Å². The van der Waals surface area contributed by atoms with Gasteiger partial charge in [0.1, 0.15) is 18.1 Å². The van der Waals surface area contributed by atoms with Crippen LogP contribution in [-0.4, -0.2) is 24.3 Å². The summed E-state index contributed by atoms with van der Waals surface area (Å²) in [7, 11) is 1.61. The lowest BCUT2D eigenvalue weighted by atomic mass is 9.97. The normalized spacial score (nSPS) is 11.2. The van der Waals surface area contributed by atoms with Crippen molar-refractivity contribution in [2.75, 3.05) is 13.7 Å². The predicted octanol–water partition coefficient (Wildman–Crippen LogP) is 6.04. The molecule has 3 aromatic carbocycles. The van der Waals surface area contributed by atoms with Gasteiger partial charge in [-0.25, -0.2) is 0 Å². The molecule has 0 radical (unpaired) electrons. The maximum Gasteiger partial charge on any atom is 0.310 e. The lowest BCUT2D eigenvalue weighted by Crippen LogP contribution is -2.09. The Morgan fingerprint density at radius 3 is 2.58 bits per heavy atom. The summed E-state index contributed by atoms with van der Waals surface area (Å²) in [5.41, 5.74) is 12.2. The largest absolute Gasteiger partial charge is 0.497 e. The monoisotopic (exact) mass is 486 g/mol. The minimum Gasteiger partial charge on any atom is -0.497 e. The van der Waals surface area contributed by atoms with Gasteiger partial charge in [-0.2, -0.15) is 0 Å². The fraction of sp³-hybridized carbons (Fsp3) is 0.300. The number of carbonyl (C=O) groups excluding carboxylic acids is 1. The van der Waals surface area contributed by atoms with Gasteiger partial charge in [0.15, 0.2) is 0 Å². The molecule has 6 heteroatoms. The molecule has 0 atom stereocenters. The summed E-state index contributed by atoms with van der Waals surface area (Å²) in [5.74, 6) is 0.986. The average Bonchev–Trinajstić information content (AvgIpc) is 3.32. The van der Waals surface area contributed by atoms with Crippen molar-refractivity contribution in [3.05, 3.63) is 83.6 Å². The standard InChI is InChI=1S/C30H34N2O4/c1-5-35-30(33)16-24-9-10-25(34-4)17-29(24)36-19-22-14-27(23-8-6-7-21(13-23)18-31)26-11-12-32(20(2)3)28(26)15-22/h6-15,17,20H,5,16,18-19,31H2,1-4H3. The molecule has 0 bridgehead atoms. The fourth-order valence-corrected chi connectivity index (χ4v) is 4.43. The molecule has 0 saturated heterocycles. The van der Waals surface area contributed by atoms with Gasteiger partial charge in [0.25, 0.3) is 0 Å². The molecular formula is C30H34N2O4. The van der Waals surface area contributed by atoms with E-state index in [0.29, 0.717) is 37.3 Å². The minimum absolute atomic E-state index is 0.138. The lowest BCUT2D eigenvalue weighted by Gasteiger charge is -2.16. The number of carbonyl (C=O) groups is 1. The first-order valence-electron chi connectivity index (χ1n) is 12.3. The maximum atomic E-state index is 12.1. The summed E-state index contributed by atoms with van der Waals surface area (Å²) in [5, 5.41) is 1.19. The maximum absolute atomic E-state index is 12.1. The average molecular weight is 487 g/mol. The number of hydrogen-bond donors (Lipinski definition) is 1. The Morgan fingerprint density at radius 2 is 1.86 bits per heavy atom. The summed E-state index contributed by atoms with van der Waals surface area (Å²) in [4.78, 5) is 12.1. The molecule has 1 heterocycles. The first kappa shape index (κ1) is 25.3. The minimum atomic E-state index is -0.286. The van der Waals surface area contributed by atoms with Gasteiger partial charge in [-0.3, -0.25) is 4.79 Å². The van der Waals surface area contributed by atoms with E-state index in [0.717, 1.165) is 33.3 Å². The molecule has 0 aliphatic rings. The van der Waals surface area contributed by atoms with Gasteiger partial charge in [-0.15, -0.1) is 0 Å². The fourth-order valence-electron chi connectivity index (χ4n) is 4.43. The second-order valence-electron chi connectivity index (χ2n) is 9.04. The molecule has 6 nitrogen and oxygen atoms in total. The molecule has 1 aromatic heterocycles. The molecule has 0 spiro atoms. The van der Waals surface area contributed by atoms with Crippen LogP contribution in [0.4, 0.5) is 0 Å². The van der Waals surface area contributed by atoms with Gasteiger partial charge in [0.2, 0.25) is 0 Å². The number of nitrogens with two attached hydrogens (primary N) is 1. The van der Waals surface area contributed by atoms with Crippen LogP contribution < -0.4 is 15.2 Å². The molecule has 0 aliphatic carbocycles. The van der Waals surface area contributed by atoms with E-state index in [4.69, 9.17) is 19.9 Å². The van der Waals surface area contributed by atoms with Crippen molar-refractivity contribution in [3.8, 4) is 22.6 Å². The number of methoxy groups -OCH3 is 1. The van der Waals surface area contributed by atoms with Crippen LogP contribution in [-0.2, 0) is 29.1 Å². The van der Waals surface area contributed by atoms with E-state index in [2.05, 4.69) is 54.9 Å². The van der Waals surface area contributed by atoms with Gasteiger partial charge in [0.05, 0.1) is 20.1 Å². The van der Waals surface area contributed by atoms with Crippen LogP contribution in [0.1, 0.15) is 43.5 Å². The third-order valence-electron chi connectivity index (χ3n) is 6.24. The van der Waals surface area contributed by atoms with Crippen LogP contribution in [0.5, 0.6) is 11.5 Å². The van der Waals surface area contributed by atoms with Gasteiger partial charge in [-0.05, 0) is 73.4 Å². The van der Waals surface area contributed by atoms with Crippen molar-refractivity contribution in [3.63, 3.8) is 0 Å². The second kappa shape index (κ2) is 11.3. The molecular weight excluding hydrogens is 452 g/mol. The summed E-state index contributed by atoms with van der Waals surface area (Å²) in [6, 6.07) is 20.7. The van der Waals surface area contributed by atoms with E-state index in [9.17, 15) is 4.79 Å². The zero-order valence-electron chi connectivity index (χ0n) is 21.4. The third-order valence-corrected chi connectivity index (χ3v) is 6.24. The third kappa shape index (κ3) is 5.55. The second-order valence-corrected chi connectivity index (χ2v) is 9.04. The number of aromatic nitrogens is 1. The Hall–Kier alpha value is -3.77. The lowest BCUT2D eigenvalue weighted by molar-refractivity contribution is -0.142. The molecule has 0 unspecified atom stereocenters. The number of fused-ring (bicyclic) bond motifs is 1. The number of hydrogen-bond acceptors (Lipinski definition) is 5. The summed E-state index contributed by atoms with van der Waals surface area (Å²) in [6.45, 7) is 7.32. The molecule has 0 saturated carbocycles. The van der Waals surface area contributed by atoms with Crippen LogP contribution in [0.2, 0.25) is 0 Å². The Labute approximate surface area is 212 Å². The van der Waals surface area contributed by atoms with Crippen LogP contribution >= 0.6 is 0 Å². The molecule has 4 rings (SSSR count). The molecule has 4 aromatic rings. The SMILES string of the molecule is CCOC(=O)Cc1ccc(OC)cc1OCc1cc(-c2cccc(CN)c2)c2ccn(C(C)C)c2c1. The van der Waals surface area contributed by atoms with Crippen molar-refractivity contribution in [1.82, 2.24) is 4.57 Å². The quantitative estimate of drug-likeness (QED) is 0.277. The molecule has 188 valence electrons. The van der Waals surface area contributed by atoms with E-state index in [1.807, 2.05) is 30.3 Å². The van der Waals surface area contributed by atoms with Crippen molar-refractivity contribution < 1.29 is 19.0 Å². The summed E-state index contributed by atoms with van der Waals surface area (Å²) in [6.07, 6.45) is 2.27. The van der Waals surface area contributed by atoms with Gasteiger partial charge < -0.3 is 24.5 Å². The highest BCUT2D eigenvalue weighted by Gasteiger charge is 2.15. The molecule has 0 aliphatic heterocycles. The number of benzene rings is 3. The van der Waals surface area contributed by atoms with Crippen LogP contribution in [0.15, 0.2) is 66.9 Å². The van der Waals surface area contributed by atoms with Crippen molar-refractivity contribution in [2.24, 2.45) is 5.73 Å². The Kier molecular flexibility index (Phi) is 7.96. The van der Waals surface area contributed by atoms with Gasteiger partial charge in [0, 0.05) is 41.3 Å². The highest BCUT2D eigenvalue weighted by atomic mass is 16.5. The van der Waals surface area contributed by atoms with E-state index >= 15 is 0 Å². The van der Waals surface area contributed by atoms with Crippen LogP contribution in [0, 0.1) is 0 Å².